The van der Waals surface area contributed by atoms with E-state index in [9.17, 15) is 22.8 Å². The van der Waals surface area contributed by atoms with Crippen molar-refractivity contribution in [3.63, 3.8) is 0 Å². The van der Waals surface area contributed by atoms with Gasteiger partial charge in [-0.1, -0.05) is 19.1 Å². The SMILES string of the molecule is CC[C@H](NC(=O)c1ccc(-c2ccc(C(F)(F)F)cc2)o1)C(=O)O. The van der Waals surface area contributed by atoms with E-state index in [2.05, 4.69) is 5.32 Å². The van der Waals surface area contributed by atoms with Crippen LogP contribution < -0.4 is 5.32 Å². The van der Waals surface area contributed by atoms with Gasteiger partial charge in [-0.15, -0.1) is 0 Å². The van der Waals surface area contributed by atoms with Crippen molar-refractivity contribution in [1.82, 2.24) is 5.32 Å². The smallest absolute Gasteiger partial charge is 0.416 e. The van der Waals surface area contributed by atoms with Crippen LogP contribution in [0.5, 0.6) is 0 Å². The van der Waals surface area contributed by atoms with Crippen molar-refractivity contribution in [3.05, 3.63) is 47.7 Å². The maximum Gasteiger partial charge on any atom is 0.416 e. The number of aliphatic carboxylic acids is 1. The Morgan fingerprint density at radius 2 is 1.79 bits per heavy atom. The van der Waals surface area contributed by atoms with Crippen LogP contribution in [0.4, 0.5) is 13.2 Å². The van der Waals surface area contributed by atoms with E-state index in [0.29, 0.717) is 5.56 Å². The molecular formula is C16H14F3NO4. The molecule has 1 amide bonds. The third-order valence-electron chi connectivity index (χ3n) is 3.34. The molecule has 1 aromatic heterocycles. The van der Waals surface area contributed by atoms with E-state index >= 15 is 0 Å². The number of carbonyl (C=O) groups is 2. The van der Waals surface area contributed by atoms with Crippen molar-refractivity contribution >= 4 is 11.9 Å². The van der Waals surface area contributed by atoms with Crippen LogP contribution in [0.1, 0.15) is 29.5 Å². The molecule has 0 radical (unpaired) electrons. The average molecular weight is 341 g/mol. The van der Waals surface area contributed by atoms with Gasteiger partial charge in [0.05, 0.1) is 5.56 Å². The molecule has 0 unspecified atom stereocenters. The number of carboxylic acid groups (broad SMARTS) is 1. The summed E-state index contributed by atoms with van der Waals surface area (Å²) in [7, 11) is 0. The Morgan fingerprint density at radius 3 is 2.29 bits per heavy atom. The molecule has 24 heavy (non-hydrogen) atoms. The number of amides is 1. The van der Waals surface area contributed by atoms with Crippen LogP contribution in [0.2, 0.25) is 0 Å². The molecule has 2 aromatic rings. The number of halogens is 3. The van der Waals surface area contributed by atoms with E-state index in [4.69, 9.17) is 9.52 Å². The molecule has 0 aliphatic heterocycles. The first kappa shape index (κ1) is 17.6. The summed E-state index contributed by atoms with van der Waals surface area (Å²) in [5.74, 6) is -1.79. The van der Waals surface area contributed by atoms with Gasteiger partial charge >= 0.3 is 12.1 Å². The maximum absolute atomic E-state index is 12.5. The minimum absolute atomic E-state index is 0.121. The Labute approximate surface area is 135 Å². The molecule has 1 aromatic carbocycles. The van der Waals surface area contributed by atoms with E-state index < -0.39 is 29.7 Å². The van der Waals surface area contributed by atoms with Crippen molar-refractivity contribution in [2.45, 2.75) is 25.6 Å². The summed E-state index contributed by atoms with van der Waals surface area (Å²) in [6.45, 7) is 1.61. The second-order valence-corrected chi connectivity index (χ2v) is 5.01. The Balaban J connectivity index is 2.15. The summed E-state index contributed by atoms with van der Waals surface area (Å²) in [5.41, 5.74) is -0.421. The first-order chi connectivity index (χ1) is 11.2. The second kappa shape index (κ2) is 6.77. The van der Waals surface area contributed by atoms with E-state index in [0.717, 1.165) is 12.1 Å². The van der Waals surface area contributed by atoms with Gasteiger partial charge in [-0.2, -0.15) is 13.2 Å². The lowest BCUT2D eigenvalue weighted by molar-refractivity contribution is -0.139. The number of hydrogen-bond donors (Lipinski definition) is 2. The van der Waals surface area contributed by atoms with Gasteiger partial charge < -0.3 is 14.8 Å². The number of furan rings is 1. The van der Waals surface area contributed by atoms with Crippen molar-refractivity contribution in [1.29, 1.82) is 0 Å². The minimum Gasteiger partial charge on any atom is -0.480 e. The molecule has 0 saturated carbocycles. The fourth-order valence-corrected chi connectivity index (χ4v) is 2.01. The number of nitrogens with one attached hydrogen (secondary N) is 1. The van der Waals surface area contributed by atoms with Gasteiger partial charge in [0.1, 0.15) is 11.8 Å². The largest absolute Gasteiger partial charge is 0.480 e. The number of carboxylic acids is 1. The lowest BCUT2D eigenvalue weighted by atomic mass is 10.1. The zero-order valence-corrected chi connectivity index (χ0v) is 12.6. The highest BCUT2D eigenvalue weighted by Crippen LogP contribution is 2.31. The van der Waals surface area contributed by atoms with Gasteiger partial charge in [0.25, 0.3) is 5.91 Å². The molecule has 128 valence electrons. The molecule has 0 aliphatic carbocycles. The summed E-state index contributed by atoms with van der Waals surface area (Å²) in [6, 6.07) is 6.00. The lowest BCUT2D eigenvalue weighted by Gasteiger charge is -2.10. The highest BCUT2D eigenvalue weighted by atomic mass is 19.4. The third kappa shape index (κ3) is 3.95. The fourth-order valence-electron chi connectivity index (χ4n) is 2.01. The summed E-state index contributed by atoms with van der Waals surface area (Å²) in [4.78, 5) is 22.8. The molecule has 5 nitrogen and oxygen atoms in total. The predicted octanol–water partition coefficient (Wildman–Crippen LogP) is 3.56. The van der Waals surface area contributed by atoms with Gasteiger partial charge in [-0.3, -0.25) is 4.79 Å². The Morgan fingerprint density at radius 1 is 1.17 bits per heavy atom. The number of carbonyl (C=O) groups excluding carboxylic acids is 1. The molecule has 2 N–H and O–H groups in total. The normalized spacial score (nSPS) is 12.7. The molecule has 0 bridgehead atoms. The second-order valence-electron chi connectivity index (χ2n) is 5.01. The molecule has 1 heterocycles. The van der Waals surface area contributed by atoms with Crippen LogP contribution in [-0.4, -0.2) is 23.0 Å². The molecule has 8 heteroatoms. The topological polar surface area (TPSA) is 79.5 Å². The van der Waals surface area contributed by atoms with Crippen molar-refractivity contribution in [3.8, 4) is 11.3 Å². The Bertz CT molecular complexity index is 735. The fraction of sp³-hybridized carbons (Fsp3) is 0.250. The van der Waals surface area contributed by atoms with Crippen LogP contribution in [0.3, 0.4) is 0 Å². The number of rotatable bonds is 5. The predicted molar refractivity (Wildman–Crippen MR) is 78.3 cm³/mol. The van der Waals surface area contributed by atoms with Gasteiger partial charge in [0, 0.05) is 5.56 Å². The number of alkyl halides is 3. The lowest BCUT2D eigenvalue weighted by Crippen LogP contribution is -2.40. The van der Waals surface area contributed by atoms with Gasteiger partial charge in [0.2, 0.25) is 0 Å². The van der Waals surface area contributed by atoms with Crippen LogP contribution in [0.25, 0.3) is 11.3 Å². The molecule has 0 fully saturated rings. The van der Waals surface area contributed by atoms with Crippen LogP contribution >= 0.6 is 0 Å². The van der Waals surface area contributed by atoms with Crippen LogP contribution in [-0.2, 0) is 11.0 Å². The molecule has 0 aliphatic rings. The molecule has 0 saturated heterocycles. The van der Waals surface area contributed by atoms with Gasteiger partial charge in [-0.05, 0) is 30.7 Å². The monoisotopic (exact) mass is 341 g/mol. The Hall–Kier alpha value is -2.77. The van der Waals surface area contributed by atoms with E-state index in [1.54, 1.807) is 6.92 Å². The van der Waals surface area contributed by atoms with E-state index in [-0.39, 0.29) is 17.9 Å². The zero-order chi connectivity index (χ0) is 17.9. The molecule has 2 rings (SSSR count). The first-order valence-corrected chi connectivity index (χ1v) is 7.03. The van der Waals surface area contributed by atoms with Crippen molar-refractivity contribution in [2.75, 3.05) is 0 Å². The zero-order valence-electron chi connectivity index (χ0n) is 12.6. The average Bonchev–Trinajstić information content (AvgIpc) is 3.01. The quantitative estimate of drug-likeness (QED) is 0.871. The van der Waals surface area contributed by atoms with Gasteiger partial charge in [-0.25, -0.2) is 4.79 Å². The first-order valence-electron chi connectivity index (χ1n) is 7.03. The minimum atomic E-state index is -4.43. The highest BCUT2D eigenvalue weighted by Gasteiger charge is 2.30. The molecule has 0 spiro atoms. The summed E-state index contributed by atoms with van der Waals surface area (Å²) in [6.07, 6.45) is -4.23. The summed E-state index contributed by atoms with van der Waals surface area (Å²) in [5, 5.41) is 11.2. The standard InChI is InChI=1S/C16H14F3NO4/c1-2-11(15(22)23)20-14(21)13-8-7-12(24-13)9-3-5-10(6-4-9)16(17,18)19/h3-8,11H,2H2,1H3,(H,20,21)(H,22,23)/t11-/m0/s1. The van der Waals surface area contributed by atoms with Crippen molar-refractivity contribution < 1.29 is 32.3 Å². The Kier molecular flexibility index (Phi) is 4.96. The van der Waals surface area contributed by atoms with Crippen molar-refractivity contribution in [2.24, 2.45) is 0 Å². The summed E-state index contributed by atoms with van der Waals surface area (Å²) >= 11 is 0. The van der Waals surface area contributed by atoms with E-state index in [1.165, 1.54) is 24.3 Å². The van der Waals surface area contributed by atoms with E-state index in [1.807, 2.05) is 0 Å². The maximum atomic E-state index is 12.5. The number of hydrogen-bond acceptors (Lipinski definition) is 3. The van der Waals surface area contributed by atoms with Gasteiger partial charge in [0.15, 0.2) is 5.76 Å². The third-order valence-corrected chi connectivity index (χ3v) is 3.34. The highest BCUT2D eigenvalue weighted by molar-refractivity contribution is 5.94. The summed E-state index contributed by atoms with van der Waals surface area (Å²) < 4.78 is 42.9. The molecular weight excluding hydrogens is 327 g/mol. The van der Waals surface area contributed by atoms with Crippen LogP contribution in [0, 0.1) is 0 Å². The molecule has 1 atom stereocenters. The van der Waals surface area contributed by atoms with Crippen LogP contribution in [0.15, 0.2) is 40.8 Å². The number of benzene rings is 1.